The lowest BCUT2D eigenvalue weighted by atomic mass is 10.1. The van der Waals surface area contributed by atoms with Gasteiger partial charge in [0.25, 0.3) is 6.43 Å². The molecule has 0 fully saturated rings. The van der Waals surface area contributed by atoms with Crippen molar-refractivity contribution in [2.24, 2.45) is 0 Å². The van der Waals surface area contributed by atoms with E-state index in [1.54, 1.807) is 23.9 Å². The molecule has 1 aromatic rings. The minimum atomic E-state index is -2.50. The van der Waals surface area contributed by atoms with Crippen LogP contribution in [0.3, 0.4) is 0 Å². The Morgan fingerprint density at radius 3 is 2.56 bits per heavy atom. The summed E-state index contributed by atoms with van der Waals surface area (Å²) in [6.45, 7) is 2.07. The van der Waals surface area contributed by atoms with E-state index in [2.05, 4.69) is 6.92 Å². The maximum absolute atomic E-state index is 13.0. The number of nitrogen functional groups attached to an aromatic ring is 1. The molecule has 0 saturated heterocycles. The quantitative estimate of drug-likeness (QED) is 0.800. The van der Waals surface area contributed by atoms with Crippen LogP contribution in [0.1, 0.15) is 25.3 Å². The highest BCUT2D eigenvalue weighted by Crippen LogP contribution is 2.32. The Morgan fingerprint density at radius 2 is 2.06 bits per heavy atom. The maximum atomic E-state index is 13.0. The molecule has 0 amide bonds. The van der Waals surface area contributed by atoms with Crippen LogP contribution in [0.5, 0.6) is 0 Å². The molecule has 0 spiro atoms. The van der Waals surface area contributed by atoms with Crippen LogP contribution in [0, 0.1) is 0 Å². The van der Waals surface area contributed by atoms with E-state index in [0.717, 1.165) is 12.2 Å². The van der Waals surface area contributed by atoms with Crippen molar-refractivity contribution in [1.29, 1.82) is 0 Å². The predicted molar refractivity (Wildman–Crippen MR) is 76.7 cm³/mol. The Labute approximate surface area is 112 Å². The molecule has 0 heterocycles. The topological polar surface area (TPSA) is 29.3 Å². The highest BCUT2D eigenvalue weighted by atomic mass is 32.2. The highest BCUT2D eigenvalue weighted by Gasteiger charge is 2.20. The number of hydrogen-bond acceptors (Lipinski definition) is 3. The number of thioether (sulfide) groups is 1. The molecule has 5 heteroatoms. The summed E-state index contributed by atoms with van der Waals surface area (Å²) in [5.41, 5.74) is 6.53. The molecule has 0 bridgehead atoms. The zero-order valence-electron chi connectivity index (χ0n) is 11.0. The Bertz CT molecular complexity index is 385. The van der Waals surface area contributed by atoms with E-state index in [-0.39, 0.29) is 11.6 Å². The summed E-state index contributed by atoms with van der Waals surface area (Å²) in [5.74, 6) is 0.917. The van der Waals surface area contributed by atoms with Gasteiger partial charge in [0.2, 0.25) is 0 Å². The van der Waals surface area contributed by atoms with Gasteiger partial charge in [0.1, 0.15) is 0 Å². The average molecular weight is 274 g/mol. The number of nitrogens with zero attached hydrogens (tertiary/aromatic N) is 1. The van der Waals surface area contributed by atoms with Crippen molar-refractivity contribution in [1.82, 2.24) is 0 Å². The second kappa shape index (κ2) is 6.83. The van der Waals surface area contributed by atoms with Crippen molar-refractivity contribution >= 4 is 23.1 Å². The number of hydrogen-bond donors (Lipinski definition) is 1. The second-order valence-corrected chi connectivity index (χ2v) is 5.16. The summed E-state index contributed by atoms with van der Waals surface area (Å²) in [7, 11) is 1.86. The van der Waals surface area contributed by atoms with E-state index in [0.29, 0.717) is 11.4 Å². The van der Waals surface area contributed by atoms with E-state index in [4.69, 9.17) is 5.73 Å². The van der Waals surface area contributed by atoms with Crippen LogP contribution in [0.2, 0.25) is 0 Å². The number of rotatable bonds is 6. The van der Waals surface area contributed by atoms with Crippen LogP contribution in [-0.2, 0) is 0 Å². The second-order valence-electron chi connectivity index (χ2n) is 4.25. The molecular formula is C13H20F2N2S. The molecule has 0 aliphatic rings. The highest BCUT2D eigenvalue weighted by molar-refractivity contribution is 7.98. The summed E-state index contributed by atoms with van der Waals surface area (Å²) >= 11 is 1.72. The number of nitrogens with two attached hydrogens (primary N) is 1. The van der Waals surface area contributed by atoms with Crippen LogP contribution in [-0.4, -0.2) is 25.1 Å². The molecular weight excluding hydrogens is 254 g/mol. The molecule has 1 atom stereocenters. The van der Waals surface area contributed by atoms with Gasteiger partial charge in [-0.1, -0.05) is 6.92 Å². The molecule has 1 aromatic carbocycles. The first-order valence-corrected chi connectivity index (χ1v) is 7.30. The lowest BCUT2D eigenvalue weighted by Gasteiger charge is -2.30. The van der Waals surface area contributed by atoms with Gasteiger partial charge in [0.05, 0.1) is 0 Å². The first-order chi connectivity index (χ1) is 8.51. The van der Waals surface area contributed by atoms with Gasteiger partial charge in [-0.2, -0.15) is 11.8 Å². The van der Waals surface area contributed by atoms with Crippen LogP contribution in [0.25, 0.3) is 0 Å². The largest absolute Gasteiger partial charge is 0.399 e. The zero-order valence-corrected chi connectivity index (χ0v) is 11.8. The van der Waals surface area contributed by atoms with Crippen LogP contribution in [0.4, 0.5) is 20.2 Å². The minimum Gasteiger partial charge on any atom is -0.399 e. The lowest BCUT2D eigenvalue weighted by molar-refractivity contribution is 0.152. The van der Waals surface area contributed by atoms with Gasteiger partial charge in [-0.15, -0.1) is 0 Å². The molecule has 0 saturated carbocycles. The first kappa shape index (κ1) is 15.1. The summed E-state index contributed by atoms with van der Waals surface area (Å²) in [5, 5.41) is 0. The van der Waals surface area contributed by atoms with E-state index < -0.39 is 6.43 Å². The van der Waals surface area contributed by atoms with Crippen molar-refractivity contribution in [3.63, 3.8) is 0 Å². The number of halogens is 2. The van der Waals surface area contributed by atoms with Gasteiger partial charge in [0.15, 0.2) is 0 Å². The van der Waals surface area contributed by atoms with E-state index in [1.807, 2.05) is 18.2 Å². The van der Waals surface area contributed by atoms with Gasteiger partial charge in [-0.25, -0.2) is 8.78 Å². The number of alkyl halides is 2. The van der Waals surface area contributed by atoms with Crippen LogP contribution < -0.4 is 10.6 Å². The monoisotopic (exact) mass is 274 g/mol. The van der Waals surface area contributed by atoms with Gasteiger partial charge >= 0.3 is 0 Å². The zero-order chi connectivity index (χ0) is 13.7. The molecule has 1 rings (SSSR count). The van der Waals surface area contributed by atoms with Crippen LogP contribution >= 0.6 is 11.8 Å². The third kappa shape index (κ3) is 3.51. The minimum absolute atomic E-state index is 0.0112. The lowest BCUT2D eigenvalue weighted by Crippen LogP contribution is -2.33. The Balaban J connectivity index is 3.07. The molecule has 2 nitrogen and oxygen atoms in total. The van der Waals surface area contributed by atoms with Crippen molar-refractivity contribution in [2.45, 2.75) is 25.8 Å². The summed E-state index contributed by atoms with van der Waals surface area (Å²) < 4.78 is 26.1. The van der Waals surface area contributed by atoms with Gasteiger partial charge in [-0.05, 0) is 30.9 Å². The Hall–Kier alpha value is -0.970. The molecule has 0 aliphatic heterocycles. The van der Waals surface area contributed by atoms with E-state index in [9.17, 15) is 8.78 Å². The molecule has 102 valence electrons. The van der Waals surface area contributed by atoms with Crippen molar-refractivity contribution < 1.29 is 8.78 Å². The molecule has 18 heavy (non-hydrogen) atoms. The summed E-state index contributed by atoms with van der Waals surface area (Å²) in [6, 6.07) is 4.96. The predicted octanol–water partition coefficient (Wildman–Crippen LogP) is 3.78. The van der Waals surface area contributed by atoms with Crippen LogP contribution in [0.15, 0.2) is 18.2 Å². The number of anilines is 2. The van der Waals surface area contributed by atoms with Crippen molar-refractivity contribution in [2.75, 3.05) is 29.7 Å². The van der Waals surface area contributed by atoms with Gasteiger partial charge in [-0.3, -0.25) is 0 Å². The summed E-state index contributed by atoms with van der Waals surface area (Å²) in [4.78, 5) is 1.93. The van der Waals surface area contributed by atoms with Crippen molar-refractivity contribution in [3.8, 4) is 0 Å². The fourth-order valence-corrected chi connectivity index (χ4v) is 2.81. The number of benzene rings is 1. The molecule has 0 aromatic heterocycles. The van der Waals surface area contributed by atoms with Gasteiger partial charge in [0, 0.05) is 35.8 Å². The normalized spacial score (nSPS) is 12.8. The third-order valence-corrected chi connectivity index (χ3v) is 3.76. The smallest absolute Gasteiger partial charge is 0.265 e. The fourth-order valence-electron chi connectivity index (χ4n) is 1.96. The van der Waals surface area contributed by atoms with E-state index in [1.165, 1.54) is 6.07 Å². The molecule has 1 unspecified atom stereocenters. The molecule has 2 N–H and O–H groups in total. The summed E-state index contributed by atoms with van der Waals surface area (Å²) in [6.07, 6.45) is 0.440. The fraction of sp³-hybridized carbons (Fsp3) is 0.538. The van der Waals surface area contributed by atoms with Crippen molar-refractivity contribution in [3.05, 3.63) is 23.8 Å². The van der Waals surface area contributed by atoms with E-state index >= 15 is 0 Å². The first-order valence-electron chi connectivity index (χ1n) is 5.90. The Kier molecular flexibility index (Phi) is 5.72. The van der Waals surface area contributed by atoms with Gasteiger partial charge < -0.3 is 10.6 Å². The average Bonchev–Trinajstić information content (AvgIpc) is 2.35. The molecule has 0 radical (unpaired) electrons. The maximum Gasteiger partial charge on any atom is 0.265 e. The third-order valence-electron chi connectivity index (χ3n) is 3.04. The molecule has 0 aliphatic carbocycles. The SMILES string of the molecule is CCC(CSC)N(C)c1ccc(N)cc1C(F)F. The Morgan fingerprint density at radius 1 is 1.39 bits per heavy atom. The standard InChI is InChI=1S/C13H20F2N2S/c1-4-10(8-18-3)17(2)12-6-5-9(16)7-11(12)13(14)15/h5-7,10,13H,4,8,16H2,1-3H3.